The molecular weight excluding hydrogens is 353 g/mol. The third-order valence-corrected chi connectivity index (χ3v) is 3.65. The number of hydrogen-bond donors (Lipinski definition) is 1. The standard InChI is InChI=1S/C17H15Cl2NO4/c1-10(23-14-8-7-12(18)9-13(14)19)17(22)24-15(16(20)21)11-5-3-2-4-6-11/h2-10,15H,1H3,(H2,20,21). The number of halogens is 2. The number of primary amides is 1. The molecule has 0 fully saturated rings. The molecule has 2 rings (SSSR count). The zero-order valence-corrected chi connectivity index (χ0v) is 14.3. The predicted molar refractivity (Wildman–Crippen MR) is 91.0 cm³/mol. The molecule has 0 aliphatic carbocycles. The van der Waals surface area contributed by atoms with Crippen LogP contribution >= 0.6 is 23.2 Å². The van der Waals surface area contributed by atoms with E-state index in [1.165, 1.54) is 19.1 Å². The molecule has 0 aliphatic rings. The SMILES string of the molecule is CC(Oc1ccc(Cl)cc1Cl)C(=O)OC(C(N)=O)c1ccccc1. The lowest BCUT2D eigenvalue weighted by Crippen LogP contribution is -2.32. The molecule has 24 heavy (non-hydrogen) atoms. The van der Waals surface area contributed by atoms with Gasteiger partial charge in [0.15, 0.2) is 6.10 Å². The molecule has 0 saturated carbocycles. The van der Waals surface area contributed by atoms with E-state index in [-0.39, 0.29) is 10.8 Å². The first-order chi connectivity index (χ1) is 11.4. The second-order valence-electron chi connectivity index (χ2n) is 4.96. The van der Waals surface area contributed by atoms with Gasteiger partial charge in [-0.25, -0.2) is 4.79 Å². The minimum Gasteiger partial charge on any atom is -0.477 e. The fraction of sp³-hybridized carbons (Fsp3) is 0.176. The third kappa shape index (κ3) is 4.63. The number of hydrogen-bond acceptors (Lipinski definition) is 4. The van der Waals surface area contributed by atoms with Crippen LogP contribution in [0.3, 0.4) is 0 Å². The summed E-state index contributed by atoms with van der Waals surface area (Å²) >= 11 is 11.8. The Hall–Kier alpha value is -2.24. The second-order valence-corrected chi connectivity index (χ2v) is 5.81. The van der Waals surface area contributed by atoms with Crippen molar-refractivity contribution in [2.45, 2.75) is 19.1 Å². The molecule has 2 unspecified atom stereocenters. The van der Waals surface area contributed by atoms with Gasteiger partial charge in [0, 0.05) is 10.6 Å². The molecule has 7 heteroatoms. The van der Waals surface area contributed by atoms with Crippen LogP contribution in [0.4, 0.5) is 0 Å². The van der Waals surface area contributed by atoms with E-state index >= 15 is 0 Å². The Morgan fingerprint density at radius 2 is 1.75 bits per heavy atom. The number of benzene rings is 2. The van der Waals surface area contributed by atoms with E-state index in [0.29, 0.717) is 10.6 Å². The number of carbonyl (C=O) groups is 2. The van der Waals surface area contributed by atoms with Crippen molar-refractivity contribution in [3.63, 3.8) is 0 Å². The van der Waals surface area contributed by atoms with Crippen LogP contribution < -0.4 is 10.5 Å². The van der Waals surface area contributed by atoms with Crippen LogP contribution in [-0.2, 0) is 14.3 Å². The smallest absolute Gasteiger partial charge is 0.348 e. The van der Waals surface area contributed by atoms with Crippen molar-refractivity contribution >= 4 is 35.1 Å². The summed E-state index contributed by atoms with van der Waals surface area (Å²) in [6, 6.07) is 13.1. The molecule has 1 amide bonds. The van der Waals surface area contributed by atoms with Gasteiger partial charge in [0.05, 0.1) is 5.02 Å². The maximum Gasteiger partial charge on any atom is 0.348 e. The number of ether oxygens (including phenoxy) is 2. The minimum atomic E-state index is -1.19. The highest BCUT2D eigenvalue weighted by Gasteiger charge is 2.26. The summed E-state index contributed by atoms with van der Waals surface area (Å²) in [5, 5.41) is 0.706. The monoisotopic (exact) mass is 367 g/mol. The average Bonchev–Trinajstić information content (AvgIpc) is 2.55. The molecule has 2 aromatic carbocycles. The van der Waals surface area contributed by atoms with Crippen LogP contribution in [0.2, 0.25) is 10.0 Å². The van der Waals surface area contributed by atoms with Crippen LogP contribution in [0, 0.1) is 0 Å². The fourth-order valence-corrected chi connectivity index (χ4v) is 2.39. The first-order valence-corrected chi connectivity index (χ1v) is 7.80. The van der Waals surface area contributed by atoms with E-state index < -0.39 is 24.1 Å². The number of amides is 1. The Bertz CT molecular complexity index is 737. The highest BCUT2D eigenvalue weighted by atomic mass is 35.5. The topological polar surface area (TPSA) is 78.6 Å². The molecule has 0 aliphatic heterocycles. The largest absolute Gasteiger partial charge is 0.477 e. The van der Waals surface area contributed by atoms with E-state index in [4.69, 9.17) is 38.4 Å². The van der Waals surface area contributed by atoms with Crippen molar-refractivity contribution in [3.8, 4) is 5.75 Å². The van der Waals surface area contributed by atoms with Gasteiger partial charge in [-0.1, -0.05) is 53.5 Å². The zero-order valence-electron chi connectivity index (χ0n) is 12.7. The fourth-order valence-electron chi connectivity index (χ4n) is 1.94. The van der Waals surface area contributed by atoms with Gasteiger partial charge in [-0.3, -0.25) is 4.79 Å². The van der Waals surface area contributed by atoms with Gasteiger partial charge in [-0.05, 0) is 25.1 Å². The van der Waals surface area contributed by atoms with E-state index in [1.54, 1.807) is 36.4 Å². The minimum absolute atomic E-state index is 0.261. The maximum absolute atomic E-state index is 12.2. The summed E-state index contributed by atoms with van der Waals surface area (Å²) in [7, 11) is 0. The Kier molecular flexibility index (Phi) is 6.06. The van der Waals surface area contributed by atoms with Gasteiger partial charge in [-0.15, -0.1) is 0 Å². The molecule has 0 saturated heterocycles. The number of esters is 1. The molecular formula is C17H15Cl2NO4. The van der Waals surface area contributed by atoms with E-state index in [0.717, 1.165) is 0 Å². The molecule has 0 aromatic heterocycles. The highest BCUT2D eigenvalue weighted by molar-refractivity contribution is 6.35. The van der Waals surface area contributed by atoms with Gasteiger partial charge in [-0.2, -0.15) is 0 Å². The summed E-state index contributed by atoms with van der Waals surface area (Å²) in [6.45, 7) is 1.48. The van der Waals surface area contributed by atoms with Crippen molar-refractivity contribution < 1.29 is 19.1 Å². The van der Waals surface area contributed by atoms with Crippen LogP contribution in [0.25, 0.3) is 0 Å². The highest BCUT2D eigenvalue weighted by Crippen LogP contribution is 2.28. The van der Waals surface area contributed by atoms with Gasteiger partial charge < -0.3 is 15.2 Å². The Morgan fingerprint density at radius 1 is 1.08 bits per heavy atom. The average molecular weight is 368 g/mol. The molecule has 2 N–H and O–H groups in total. The third-order valence-electron chi connectivity index (χ3n) is 3.12. The molecule has 126 valence electrons. The van der Waals surface area contributed by atoms with Crippen LogP contribution in [0.1, 0.15) is 18.6 Å². The maximum atomic E-state index is 12.2. The number of nitrogens with two attached hydrogens (primary N) is 1. The Balaban J connectivity index is 2.08. The zero-order chi connectivity index (χ0) is 17.7. The first kappa shape index (κ1) is 18.1. The van der Waals surface area contributed by atoms with Gasteiger partial charge in [0.1, 0.15) is 5.75 Å². The van der Waals surface area contributed by atoms with E-state index in [2.05, 4.69) is 0 Å². The molecule has 0 heterocycles. The molecule has 5 nitrogen and oxygen atoms in total. The predicted octanol–water partition coefficient (Wildman–Crippen LogP) is 3.53. The summed E-state index contributed by atoms with van der Waals surface area (Å²) in [5.41, 5.74) is 5.80. The normalized spacial score (nSPS) is 13.0. The van der Waals surface area contributed by atoms with Crippen molar-refractivity contribution in [2.24, 2.45) is 5.73 Å². The van der Waals surface area contributed by atoms with Crippen LogP contribution in [0.15, 0.2) is 48.5 Å². The summed E-state index contributed by atoms with van der Waals surface area (Å²) < 4.78 is 10.6. The first-order valence-electron chi connectivity index (χ1n) is 7.05. The number of carbonyl (C=O) groups excluding carboxylic acids is 2. The van der Waals surface area contributed by atoms with E-state index in [9.17, 15) is 9.59 Å². The lowest BCUT2D eigenvalue weighted by molar-refractivity contribution is -0.161. The van der Waals surface area contributed by atoms with Crippen molar-refractivity contribution in [2.75, 3.05) is 0 Å². The molecule has 2 atom stereocenters. The van der Waals surface area contributed by atoms with Gasteiger partial charge in [0.2, 0.25) is 6.10 Å². The van der Waals surface area contributed by atoms with Crippen molar-refractivity contribution in [1.29, 1.82) is 0 Å². The summed E-state index contributed by atoms with van der Waals surface area (Å²) in [5.74, 6) is -1.24. The lowest BCUT2D eigenvalue weighted by Gasteiger charge is -2.19. The van der Waals surface area contributed by atoms with Gasteiger partial charge in [0.25, 0.3) is 5.91 Å². The second kappa shape index (κ2) is 8.04. The quantitative estimate of drug-likeness (QED) is 0.792. The summed E-state index contributed by atoms with van der Waals surface area (Å²) in [4.78, 5) is 23.8. The van der Waals surface area contributed by atoms with Gasteiger partial charge >= 0.3 is 5.97 Å². The molecule has 2 aromatic rings. The van der Waals surface area contributed by atoms with Crippen molar-refractivity contribution in [3.05, 3.63) is 64.1 Å². The summed E-state index contributed by atoms with van der Waals surface area (Å²) in [6.07, 6.45) is -2.18. The molecule has 0 bridgehead atoms. The Morgan fingerprint density at radius 3 is 2.33 bits per heavy atom. The lowest BCUT2D eigenvalue weighted by atomic mass is 10.1. The van der Waals surface area contributed by atoms with Crippen LogP contribution in [0.5, 0.6) is 5.75 Å². The van der Waals surface area contributed by atoms with E-state index in [1.807, 2.05) is 0 Å². The van der Waals surface area contributed by atoms with Crippen molar-refractivity contribution in [1.82, 2.24) is 0 Å². The van der Waals surface area contributed by atoms with Crippen LogP contribution in [-0.4, -0.2) is 18.0 Å². The molecule has 0 radical (unpaired) electrons. The Labute approximate surface area is 149 Å². The number of rotatable bonds is 6. The molecule has 0 spiro atoms.